The topological polar surface area (TPSA) is 117 Å². The lowest BCUT2D eigenvalue weighted by Gasteiger charge is -2.43. The lowest BCUT2D eigenvalue weighted by Crippen LogP contribution is -2.51. The van der Waals surface area contributed by atoms with Gasteiger partial charge in [-0.3, -0.25) is 4.90 Å². The Hall–Kier alpha value is -3.90. The standard InChI is InChI=1S/C32H38N6O5S/c1-21-14-24(25-16-38(17-25)26-8-9-37(18-26)32(39)42-19-23-6-4-3-5-7-23)15-27-29(21)43-22(2)28-30(35-27)33-20-34-31(28)36-10-12-44(40,41)13-11-36/h3-7,14-15,20,22,25-26H,8-13,16-19H2,1-2H3,(H,33,34,35)/t22-,26?/m0/s1. The fraction of sp³-hybridized carbons (Fsp3) is 0.469. The summed E-state index contributed by atoms with van der Waals surface area (Å²) in [6.45, 7) is 8.44. The van der Waals surface area contributed by atoms with E-state index in [4.69, 9.17) is 9.47 Å². The molecule has 4 aliphatic rings. The largest absolute Gasteiger partial charge is 0.483 e. The molecule has 0 bridgehead atoms. The first kappa shape index (κ1) is 28.8. The number of ether oxygens (including phenoxy) is 2. The minimum atomic E-state index is -3.01. The molecule has 1 aromatic heterocycles. The van der Waals surface area contributed by atoms with Crippen LogP contribution in [0.5, 0.6) is 5.75 Å². The predicted molar refractivity (Wildman–Crippen MR) is 167 cm³/mol. The number of likely N-dealkylation sites (tertiary alicyclic amines) is 2. The molecule has 3 saturated heterocycles. The lowest BCUT2D eigenvalue weighted by molar-refractivity contribution is 0.0815. The number of carbonyl (C=O) groups excluding carboxylic acids is 1. The van der Waals surface area contributed by atoms with Gasteiger partial charge >= 0.3 is 6.09 Å². The van der Waals surface area contributed by atoms with Crippen molar-refractivity contribution in [2.75, 3.05) is 61.0 Å². The van der Waals surface area contributed by atoms with Gasteiger partial charge in [0, 0.05) is 51.2 Å². The maximum Gasteiger partial charge on any atom is 0.410 e. The molecule has 5 heterocycles. The first-order valence-electron chi connectivity index (χ1n) is 15.3. The first-order valence-corrected chi connectivity index (χ1v) is 17.1. The number of fused-ring (bicyclic) bond motifs is 2. The molecule has 0 saturated carbocycles. The monoisotopic (exact) mass is 618 g/mol. The quantitative estimate of drug-likeness (QED) is 0.449. The van der Waals surface area contributed by atoms with Crippen LogP contribution in [0.25, 0.3) is 0 Å². The molecule has 2 aromatic carbocycles. The number of benzene rings is 2. The van der Waals surface area contributed by atoms with E-state index in [2.05, 4.69) is 39.2 Å². The summed E-state index contributed by atoms with van der Waals surface area (Å²) < 4.78 is 36.1. The molecule has 1 amide bonds. The highest BCUT2D eigenvalue weighted by molar-refractivity contribution is 7.91. The van der Waals surface area contributed by atoms with Crippen LogP contribution in [-0.2, 0) is 21.2 Å². The molecule has 0 spiro atoms. The summed E-state index contributed by atoms with van der Waals surface area (Å²) in [6, 6.07) is 14.5. The summed E-state index contributed by atoms with van der Waals surface area (Å²) >= 11 is 0. The third-order valence-corrected chi connectivity index (χ3v) is 10.9. The van der Waals surface area contributed by atoms with Crippen LogP contribution in [0.1, 0.15) is 47.6 Å². The summed E-state index contributed by atoms with van der Waals surface area (Å²) in [7, 11) is -3.01. The molecule has 4 aliphatic heterocycles. The predicted octanol–water partition coefficient (Wildman–Crippen LogP) is 4.03. The van der Waals surface area contributed by atoms with E-state index in [1.807, 2.05) is 47.1 Å². The van der Waals surface area contributed by atoms with E-state index in [9.17, 15) is 13.2 Å². The van der Waals surface area contributed by atoms with Gasteiger partial charge in [-0.25, -0.2) is 23.2 Å². The molecule has 7 rings (SSSR count). The SMILES string of the molecule is Cc1cc(C2CN(C3CCN(C(=O)OCc4ccccc4)C3)C2)cc2c1O[C@@H](C)c1c(ncnc1N1CCS(=O)(=O)CC1)N2. The molecule has 232 valence electrons. The van der Waals surface area contributed by atoms with E-state index in [1.165, 1.54) is 11.9 Å². The van der Waals surface area contributed by atoms with Crippen molar-refractivity contribution < 1.29 is 22.7 Å². The number of hydrogen-bond acceptors (Lipinski definition) is 10. The first-order chi connectivity index (χ1) is 21.2. The molecule has 2 atom stereocenters. The number of rotatable bonds is 5. The second-order valence-electron chi connectivity index (χ2n) is 12.3. The van der Waals surface area contributed by atoms with E-state index in [1.54, 1.807) is 0 Å². The van der Waals surface area contributed by atoms with Crippen molar-refractivity contribution in [3.05, 3.63) is 71.0 Å². The van der Waals surface area contributed by atoms with Crippen molar-refractivity contribution in [3.63, 3.8) is 0 Å². The highest BCUT2D eigenvalue weighted by Gasteiger charge is 2.39. The minimum Gasteiger partial charge on any atom is -0.483 e. The van der Waals surface area contributed by atoms with Crippen LogP contribution in [0.15, 0.2) is 48.8 Å². The molecular formula is C32H38N6O5S. The number of nitrogens with one attached hydrogen (secondary N) is 1. The van der Waals surface area contributed by atoms with Gasteiger partial charge in [0.1, 0.15) is 36.4 Å². The van der Waals surface area contributed by atoms with Crippen molar-refractivity contribution in [3.8, 4) is 5.75 Å². The van der Waals surface area contributed by atoms with E-state index in [0.29, 0.717) is 50.6 Å². The lowest BCUT2D eigenvalue weighted by atomic mass is 9.88. The van der Waals surface area contributed by atoms with Gasteiger partial charge < -0.3 is 24.6 Å². The number of hydrogen-bond donors (Lipinski definition) is 1. The number of aryl methyl sites for hydroxylation is 1. The second kappa shape index (κ2) is 11.6. The average molecular weight is 619 g/mol. The highest BCUT2D eigenvalue weighted by Crippen LogP contribution is 2.45. The second-order valence-corrected chi connectivity index (χ2v) is 14.6. The Morgan fingerprint density at radius 2 is 1.84 bits per heavy atom. The third-order valence-electron chi connectivity index (χ3n) is 9.28. The van der Waals surface area contributed by atoms with Crippen LogP contribution in [0.3, 0.4) is 0 Å². The molecule has 1 N–H and O–H groups in total. The maximum absolute atomic E-state index is 12.7. The zero-order chi connectivity index (χ0) is 30.4. The molecule has 0 radical (unpaired) electrons. The Bertz CT molecular complexity index is 1650. The fourth-order valence-corrected chi connectivity index (χ4v) is 7.93. The molecule has 11 nitrogen and oxygen atoms in total. The summed E-state index contributed by atoms with van der Waals surface area (Å²) in [5.74, 6) is 2.82. The Balaban J connectivity index is 1.00. The van der Waals surface area contributed by atoms with Crippen molar-refractivity contribution in [2.45, 2.75) is 44.9 Å². The zero-order valence-corrected chi connectivity index (χ0v) is 25.9. The van der Waals surface area contributed by atoms with Crippen LogP contribution in [0.4, 0.5) is 22.1 Å². The number of nitrogens with zero attached hydrogens (tertiary/aromatic N) is 5. The Morgan fingerprint density at radius 1 is 1.07 bits per heavy atom. The van der Waals surface area contributed by atoms with Crippen LogP contribution >= 0.6 is 0 Å². The molecule has 3 fully saturated rings. The van der Waals surface area contributed by atoms with E-state index in [-0.39, 0.29) is 23.7 Å². The van der Waals surface area contributed by atoms with Crippen molar-refractivity contribution >= 4 is 33.3 Å². The van der Waals surface area contributed by atoms with Gasteiger partial charge in [0.05, 0.1) is 22.8 Å². The summed E-state index contributed by atoms with van der Waals surface area (Å²) in [5.41, 5.74) is 5.01. The number of carbonyl (C=O) groups is 1. The number of aromatic nitrogens is 2. The molecule has 0 aliphatic carbocycles. The van der Waals surface area contributed by atoms with Gasteiger partial charge in [-0.15, -0.1) is 0 Å². The smallest absolute Gasteiger partial charge is 0.410 e. The van der Waals surface area contributed by atoms with Gasteiger partial charge in [-0.1, -0.05) is 36.4 Å². The number of amides is 1. The van der Waals surface area contributed by atoms with Gasteiger partial charge in [0.15, 0.2) is 9.84 Å². The molecule has 3 aromatic rings. The normalized spacial score (nSPS) is 23.0. The van der Waals surface area contributed by atoms with E-state index >= 15 is 0 Å². The Morgan fingerprint density at radius 3 is 2.61 bits per heavy atom. The van der Waals surface area contributed by atoms with E-state index in [0.717, 1.165) is 53.5 Å². The third kappa shape index (κ3) is 5.68. The number of sulfone groups is 1. The fourth-order valence-electron chi connectivity index (χ4n) is 6.72. The summed E-state index contributed by atoms with van der Waals surface area (Å²) in [6.07, 6.45) is 1.92. The van der Waals surface area contributed by atoms with Crippen LogP contribution in [-0.4, -0.2) is 91.1 Å². The molecule has 12 heteroatoms. The highest BCUT2D eigenvalue weighted by atomic mass is 32.2. The zero-order valence-electron chi connectivity index (χ0n) is 25.1. The number of anilines is 3. The van der Waals surface area contributed by atoms with Gasteiger partial charge in [0.2, 0.25) is 0 Å². The van der Waals surface area contributed by atoms with Crippen molar-refractivity contribution in [2.24, 2.45) is 0 Å². The Labute approximate surface area is 258 Å². The van der Waals surface area contributed by atoms with Gasteiger partial charge in [-0.2, -0.15) is 0 Å². The summed E-state index contributed by atoms with van der Waals surface area (Å²) in [5, 5.41) is 3.53. The Kier molecular flexibility index (Phi) is 7.57. The van der Waals surface area contributed by atoms with Crippen molar-refractivity contribution in [1.82, 2.24) is 19.8 Å². The van der Waals surface area contributed by atoms with Crippen LogP contribution in [0, 0.1) is 6.92 Å². The maximum atomic E-state index is 12.7. The minimum absolute atomic E-state index is 0.118. The molecule has 44 heavy (non-hydrogen) atoms. The molecular weight excluding hydrogens is 580 g/mol. The average Bonchev–Trinajstić information content (AvgIpc) is 3.41. The summed E-state index contributed by atoms with van der Waals surface area (Å²) in [4.78, 5) is 28.1. The van der Waals surface area contributed by atoms with Crippen LogP contribution in [0.2, 0.25) is 0 Å². The van der Waals surface area contributed by atoms with E-state index < -0.39 is 9.84 Å². The van der Waals surface area contributed by atoms with Crippen molar-refractivity contribution in [1.29, 1.82) is 0 Å². The van der Waals surface area contributed by atoms with Gasteiger partial charge in [0.25, 0.3) is 0 Å². The van der Waals surface area contributed by atoms with Crippen LogP contribution < -0.4 is 15.0 Å². The van der Waals surface area contributed by atoms with Gasteiger partial charge in [-0.05, 0) is 43.0 Å². The molecule has 1 unspecified atom stereocenters.